The first-order chi connectivity index (χ1) is 16.0. The third-order valence-electron chi connectivity index (χ3n) is 5.42. The third kappa shape index (κ3) is 3.46. The molecule has 0 aliphatic carbocycles. The Labute approximate surface area is 187 Å². The molecule has 5 rings (SSSR count). The normalized spacial score (nSPS) is 17.9. The van der Waals surface area contributed by atoms with Gasteiger partial charge in [0, 0.05) is 0 Å². The third-order valence-corrected chi connectivity index (χ3v) is 5.42. The van der Waals surface area contributed by atoms with Crippen LogP contribution >= 0.6 is 0 Å². The number of hydrogen-bond donors (Lipinski definition) is 1. The minimum Gasteiger partial charge on any atom is -0.496 e. The maximum atomic E-state index is 13.3. The Bertz CT molecular complexity index is 1340. The minimum absolute atomic E-state index is 0.117. The molecule has 166 valence electrons. The highest BCUT2D eigenvalue weighted by Gasteiger charge is 2.49. The molecule has 2 aromatic carbocycles. The maximum absolute atomic E-state index is 13.3. The number of tetrazole rings is 1. The lowest BCUT2D eigenvalue weighted by Crippen LogP contribution is -2.40. The summed E-state index contributed by atoms with van der Waals surface area (Å²) in [5.74, 6) is 0.547. The fraction of sp³-hybridized carbons (Fsp3) is 0.190. The molecular weight excluding hydrogens is 428 g/mol. The number of amides is 3. The van der Waals surface area contributed by atoms with Crippen LogP contribution in [0.4, 0.5) is 4.79 Å². The molecule has 1 aliphatic heterocycles. The van der Waals surface area contributed by atoms with Gasteiger partial charge in [-0.2, -0.15) is 4.98 Å². The van der Waals surface area contributed by atoms with Crippen LogP contribution in [0.2, 0.25) is 0 Å². The number of aromatic nitrogens is 6. The van der Waals surface area contributed by atoms with Gasteiger partial charge in [-0.3, -0.25) is 9.69 Å². The van der Waals surface area contributed by atoms with E-state index in [2.05, 4.69) is 31.0 Å². The number of carbonyl (C=O) groups is 2. The van der Waals surface area contributed by atoms with Gasteiger partial charge in [0.1, 0.15) is 24.2 Å². The number of ether oxygens (including phenoxy) is 1. The summed E-state index contributed by atoms with van der Waals surface area (Å²) in [4.78, 5) is 31.4. The zero-order valence-electron chi connectivity index (χ0n) is 17.7. The number of methoxy groups -OCH3 is 1. The van der Waals surface area contributed by atoms with E-state index in [1.165, 1.54) is 11.0 Å². The van der Waals surface area contributed by atoms with E-state index in [4.69, 9.17) is 9.26 Å². The minimum atomic E-state index is -1.29. The Morgan fingerprint density at radius 1 is 1.15 bits per heavy atom. The van der Waals surface area contributed by atoms with Crippen molar-refractivity contribution < 1.29 is 18.8 Å². The number of imide groups is 1. The fourth-order valence-electron chi connectivity index (χ4n) is 3.67. The average molecular weight is 446 g/mol. The summed E-state index contributed by atoms with van der Waals surface area (Å²) in [6, 6.07) is 13.7. The van der Waals surface area contributed by atoms with E-state index in [1.807, 2.05) is 12.1 Å². The molecule has 1 saturated heterocycles. The lowest BCUT2D eigenvalue weighted by molar-refractivity contribution is -0.131. The molecule has 0 radical (unpaired) electrons. The lowest BCUT2D eigenvalue weighted by atomic mass is 9.91. The van der Waals surface area contributed by atoms with E-state index in [1.54, 1.807) is 50.4 Å². The molecule has 1 N–H and O–H groups in total. The second-order valence-electron chi connectivity index (χ2n) is 7.46. The van der Waals surface area contributed by atoms with Gasteiger partial charge < -0.3 is 14.6 Å². The highest BCUT2D eigenvalue weighted by atomic mass is 16.5. The molecular formula is C21H18N8O4. The number of urea groups is 1. The molecule has 0 bridgehead atoms. The summed E-state index contributed by atoms with van der Waals surface area (Å²) >= 11 is 0. The number of rotatable bonds is 6. The molecule has 2 aromatic heterocycles. The van der Waals surface area contributed by atoms with Gasteiger partial charge in [-0.1, -0.05) is 29.4 Å². The number of hydrogen-bond acceptors (Lipinski definition) is 9. The topological polar surface area (TPSA) is 141 Å². The van der Waals surface area contributed by atoms with E-state index in [0.717, 1.165) is 4.90 Å². The van der Waals surface area contributed by atoms with Gasteiger partial charge in [0.25, 0.3) is 5.91 Å². The molecule has 12 nitrogen and oxygen atoms in total. The van der Waals surface area contributed by atoms with Crippen molar-refractivity contribution in [3.8, 4) is 22.8 Å². The van der Waals surface area contributed by atoms with Crippen LogP contribution in [0.25, 0.3) is 17.1 Å². The maximum Gasteiger partial charge on any atom is 0.325 e. The van der Waals surface area contributed by atoms with Crippen molar-refractivity contribution in [3.63, 3.8) is 0 Å². The highest BCUT2D eigenvalue weighted by molar-refractivity contribution is 6.07. The molecule has 1 aliphatic rings. The molecule has 0 spiro atoms. The second-order valence-corrected chi connectivity index (χ2v) is 7.46. The molecule has 4 aromatic rings. The van der Waals surface area contributed by atoms with Crippen LogP contribution in [-0.2, 0) is 16.9 Å². The van der Waals surface area contributed by atoms with Crippen LogP contribution in [0.1, 0.15) is 18.4 Å². The van der Waals surface area contributed by atoms with Crippen LogP contribution in [-0.4, -0.2) is 54.3 Å². The Balaban J connectivity index is 1.40. The number of benzene rings is 2. The summed E-state index contributed by atoms with van der Waals surface area (Å²) in [7, 11) is 1.54. The van der Waals surface area contributed by atoms with Crippen molar-refractivity contribution in [2.75, 3.05) is 7.11 Å². The monoisotopic (exact) mass is 446 g/mol. The van der Waals surface area contributed by atoms with Crippen molar-refractivity contribution in [1.82, 2.24) is 40.6 Å². The zero-order valence-corrected chi connectivity index (χ0v) is 17.7. The first-order valence-corrected chi connectivity index (χ1v) is 9.93. The van der Waals surface area contributed by atoms with Crippen LogP contribution in [0.15, 0.2) is 59.4 Å². The second kappa shape index (κ2) is 7.82. The van der Waals surface area contributed by atoms with Crippen molar-refractivity contribution in [2.45, 2.75) is 19.0 Å². The van der Waals surface area contributed by atoms with Crippen LogP contribution in [0, 0.1) is 0 Å². The zero-order chi connectivity index (χ0) is 23.0. The Hall–Kier alpha value is -4.61. The summed E-state index contributed by atoms with van der Waals surface area (Å²) in [5.41, 5.74) is 0.581. The summed E-state index contributed by atoms with van der Waals surface area (Å²) < 4.78 is 12.1. The van der Waals surface area contributed by atoms with Gasteiger partial charge in [0.05, 0.1) is 18.4 Å². The number of para-hydroxylation sites is 1. The standard InChI is InChI=1S/C21H18N8O4/c1-21(13-6-5-7-14(10-13)29-12-22-26-27-29)19(30)28(20(31)24-21)11-17-23-18(25-33-17)15-8-3-4-9-16(15)32-2/h3-10,12H,11H2,1-2H3,(H,24,31). The van der Waals surface area contributed by atoms with Crippen molar-refractivity contribution in [3.05, 3.63) is 66.3 Å². The average Bonchev–Trinajstić information content (AvgIpc) is 3.58. The van der Waals surface area contributed by atoms with Gasteiger partial charge in [0.15, 0.2) is 0 Å². The molecule has 1 unspecified atom stereocenters. The molecule has 1 atom stereocenters. The molecule has 0 saturated carbocycles. The van der Waals surface area contributed by atoms with Crippen LogP contribution in [0.5, 0.6) is 5.75 Å². The van der Waals surface area contributed by atoms with Crippen molar-refractivity contribution in [2.24, 2.45) is 0 Å². The Morgan fingerprint density at radius 2 is 2.00 bits per heavy atom. The van der Waals surface area contributed by atoms with Gasteiger partial charge in [-0.25, -0.2) is 9.48 Å². The summed E-state index contributed by atoms with van der Waals surface area (Å²) in [6.45, 7) is 1.47. The Morgan fingerprint density at radius 3 is 2.79 bits per heavy atom. The predicted octanol–water partition coefficient (Wildman–Crippen LogP) is 1.69. The summed E-state index contributed by atoms with van der Waals surface area (Å²) in [5, 5.41) is 17.8. The largest absolute Gasteiger partial charge is 0.496 e. The van der Waals surface area contributed by atoms with E-state index in [-0.39, 0.29) is 12.4 Å². The Kier molecular flexibility index (Phi) is 4.81. The SMILES string of the molecule is COc1ccccc1-c1noc(CN2C(=O)NC(C)(c3cccc(-n4cnnn4)c3)C2=O)n1. The summed E-state index contributed by atoms with van der Waals surface area (Å²) in [6.07, 6.45) is 1.44. The molecule has 3 heterocycles. The van der Waals surface area contributed by atoms with Gasteiger partial charge >= 0.3 is 6.03 Å². The van der Waals surface area contributed by atoms with Gasteiger partial charge in [-0.15, -0.1) is 5.10 Å². The van der Waals surface area contributed by atoms with Crippen molar-refractivity contribution in [1.29, 1.82) is 0 Å². The first kappa shape index (κ1) is 20.3. The molecule has 3 amide bonds. The molecule has 33 heavy (non-hydrogen) atoms. The molecule has 1 fully saturated rings. The molecule has 12 heteroatoms. The van der Waals surface area contributed by atoms with Gasteiger partial charge in [-0.05, 0) is 47.2 Å². The lowest BCUT2D eigenvalue weighted by Gasteiger charge is -2.22. The number of nitrogens with one attached hydrogen (secondary N) is 1. The quantitative estimate of drug-likeness (QED) is 0.438. The van der Waals surface area contributed by atoms with E-state index in [9.17, 15) is 9.59 Å². The van der Waals surface area contributed by atoms with E-state index >= 15 is 0 Å². The first-order valence-electron chi connectivity index (χ1n) is 9.93. The van der Waals surface area contributed by atoms with Crippen molar-refractivity contribution >= 4 is 11.9 Å². The van der Waals surface area contributed by atoms with Crippen LogP contribution in [0.3, 0.4) is 0 Å². The van der Waals surface area contributed by atoms with Crippen LogP contribution < -0.4 is 10.1 Å². The smallest absolute Gasteiger partial charge is 0.325 e. The van der Waals surface area contributed by atoms with Gasteiger partial charge in [0.2, 0.25) is 11.7 Å². The van der Waals surface area contributed by atoms with E-state index in [0.29, 0.717) is 28.4 Å². The number of nitrogens with zero attached hydrogens (tertiary/aromatic N) is 7. The predicted molar refractivity (Wildman–Crippen MR) is 112 cm³/mol. The number of carbonyl (C=O) groups excluding carboxylic acids is 2. The van der Waals surface area contributed by atoms with E-state index < -0.39 is 17.5 Å². The highest BCUT2D eigenvalue weighted by Crippen LogP contribution is 2.31. The fourth-order valence-corrected chi connectivity index (χ4v) is 3.67.